The first kappa shape index (κ1) is 24.1. The molecule has 1 saturated heterocycles. The highest BCUT2D eigenvalue weighted by Crippen LogP contribution is 2.37. The second-order valence-corrected chi connectivity index (χ2v) is 8.00. The van der Waals surface area contributed by atoms with Crippen LogP contribution in [0, 0.1) is 5.92 Å². The number of likely N-dealkylation sites (tertiary alicyclic amines) is 1. The lowest BCUT2D eigenvalue weighted by Gasteiger charge is -2.31. The smallest absolute Gasteiger partial charge is 0.444 e. The summed E-state index contributed by atoms with van der Waals surface area (Å²) in [6.45, 7) is 7.46. The van der Waals surface area contributed by atoms with Gasteiger partial charge in [0.1, 0.15) is 11.6 Å². The zero-order chi connectivity index (χ0) is 22.1. The molecule has 0 saturated carbocycles. The summed E-state index contributed by atoms with van der Waals surface area (Å²) in [7, 11) is 0. The first-order valence-electron chi connectivity index (χ1n) is 8.78. The van der Waals surface area contributed by atoms with Gasteiger partial charge in [-0.25, -0.2) is 4.79 Å². The van der Waals surface area contributed by atoms with E-state index in [9.17, 15) is 36.3 Å². The Labute approximate surface area is 159 Å². The van der Waals surface area contributed by atoms with Crippen molar-refractivity contribution in [3.05, 3.63) is 0 Å². The van der Waals surface area contributed by atoms with Gasteiger partial charge in [-0.2, -0.15) is 22.0 Å². The molecule has 1 rings (SSSR count). The summed E-state index contributed by atoms with van der Waals surface area (Å²) in [4.78, 5) is 37.6. The third kappa shape index (κ3) is 5.54. The van der Waals surface area contributed by atoms with Crippen LogP contribution in [0.2, 0.25) is 0 Å². The molecule has 0 radical (unpaired) electrons. The topological polar surface area (TPSA) is 75.7 Å². The molecule has 2 atom stereocenters. The molecule has 1 unspecified atom stereocenters. The number of halogens is 5. The van der Waals surface area contributed by atoms with Gasteiger partial charge in [0.05, 0.1) is 6.04 Å². The monoisotopic (exact) mass is 416 g/mol. The third-order valence-corrected chi connectivity index (χ3v) is 4.10. The number of carbonyl (C=O) groups is 3. The average Bonchev–Trinajstić information content (AvgIpc) is 2.98. The molecule has 1 heterocycles. The zero-order valence-corrected chi connectivity index (χ0v) is 16.3. The number of ketones is 1. The van der Waals surface area contributed by atoms with E-state index in [0.717, 1.165) is 4.90 Å². The molecule has 0 aromatic carbocycles. The molecule has 0 spiro atoms. The minimum atomic E-state index is -6.07. The second-order valence-electron chi connectivity index (χ2n) is 8.00. The summed E-state index contributed by atoms with van der Waals surface area (Å²) >= 11 is 0. The van der Waals surface area contributed by atoms with Gasteiger partial charge in [0, 0.05) is 6.54 Å². The predicted molar refractivity (Wildman–Crippen MR) is 88.7 cm³/mol. The van der Waals surface area contributed by atoms with Crippen molar-refractivity contribution in [2.24, 2.45) is 5.92 Å². The quantitative estimate of drug-likeness (QED) is 0.698. The summed E-state index contributed by atoms with van der Waals surface area (Å²) in [5.74, 6) is -10.0. The first-order valence-corrected chi connectivity index (χ1v) is 8.78. The van der Waals surface area contributed by atoms with Crippen LogP contribution in [-0.4, -0.2) is 59.0 Å². The van der Waals surface area contributed by atoms with E-state index in [1.165, 1.54) is 13.8 Å². The van der Waals surface area contributed by atoms with Crippen molar-refractivity contribution in [3.8, 4) is 0 Å². The van der Waals surface area contributed by atoms with E-state index in [1.54, 1.807) is 20.8 Å². The van der Waals surface area contributed by atoms with Crippen LogP contribution in [-0.2, 0) is 14.3 Å². The molecule has 0 aromatic rings. The summed E-state index contributed by atoms with van der Waals surface area (Å²) in [5, 5.41) is 1.97. The van der Waals surface area contributed by atoms with Crippen LogP contribution in [0.3, 0.4) is 0 Å². The molecular weight excluding hydrogens is 391 g/mol. The molecule has 0 aliphatic carbocycles. The van der Waals surface area contributed by atoms with Crippen LogP contribution in [0.15, 0.2) is 0 Å². The maximum absolute atomic E-state index is 13.4. The number of nitrogens with one attached hydrogen (secondary N) is 1. The number of rotatable bonds is 5. The van der Waals surface area contributed by atoms with Crippen molar-refractivity contribution < 1.29 is 41.1 Å². The van der Waals surface area contributed by atoms with Crippen molar-refractivity contribution in [3.63, 3.8) is 0 Å². The minimum Gasteiger partial charge on any atom is -0.444 e. The van der Waals surface area contributed by atoms with E-state index in [4.69, 9.17) is 4.74 Å². The van der Waals surface area contributed by atoms with Gasteiger partial charge >= 0.3 is 18.2 Å². The summed E-state index contributed by atoms with van der Waals surface area (Å²) in [5.41, 5.74) is -0.841. The second kappa shape index (κ2) is 8.20. The van der Waals surface area contributed by atoms with Crippen LogP contribution in [0.1, 0.15) is 47.5 Å². The average molecular weight is 416 g/mol. The lowest BCUT2D eigenvalue weighted by Crippen LogP contribution is -2.58. The fourth-order valence-corrected chi connectivity index (χ4v) is 2.70. The third-order valence-electron chi connectivity index (χ3n) is 4.10. The molecule has 1 N–H and O–H groups in total. The molecule has 162 valence electrons. The number of amides is 2. The van der Waals surface area contributed by atoms with Gasteiger partial charge in [0.2, 0.25) is 11.7 Å². The number of hydrogen-bond donors (Lipinski definition) is 1. The largest absolute Gasteiger partial charge is 0.461 e. The van der Waals surface area contributed by atoms with Crippen molar-refractivity contribution in [1.29, 1.82) is 0 Å². The first-order chi connectivity index (χ1) is 12.5. The van der Waals surface area contributed by atoms with Gasteiger partial charge in [-0.15, -0.1) is 0 Å². The molecule has 2 amide bonds. The van der Waals surface area contributed by atoms with Crippen LogP contribution >= 0.6 is 0 Å². The fraction of sp³-hybridized carbons (Fsp3) is 0.824. The van der Waals surface area contributed by atoms with Crippen LogP contribution in [0.5, 0.6) is 0 Å². The minimum absolute atomic E-state index is 0.159. The van der Waals surface area contributed by atoms with Crippen molar-refractivity contribution in [1.82, 2.24) is 10.2 Å². The number of Topliss-reactive ketones (excluding diaryl/α,β-unsaturated/α-hetero) is 1. The standard InChI is InChI=1S/C17H25F5N2O4/c1-9(2)11(12(25)16(18,19)17(20,21)22)23-13(26)10-7-6-8-24(10)14(27)28-15(3,4)5/h9-11H,6-8H2,1-5H3,(H,23,26)/t10-,11?/m0/s1. The Morgan fingerprint density at radius 1 is 1.07 bits per heavy atom. The summed E-state index contributed by atoms with van der Waals surface area (Å²) in [6.07, 6.45) is -6.30. The van der Waals surface area contributed by atoms with E-state index in [0.29, 0.717) is 6.42 Å². The van der Waals surface area contributed by atoms with E-state index in [1.807, 2.05) is 5.32 Å². The van der Waals surface area contributed by atoms with Gasteiger partial charge in [0.25, 0.3) is 0 Å². The Balaban J connectivity index is 2.98. The number of hydrogen-bond acceptors (Lipinski definition) is 4. The maximum Gasteiger partial charge on any atom is 0.461 e. The van der Waals surface area contributed by atoms with Gasteiger partial charge in [0.15, 0.2) is 0 Å². The summed E-state index contributed by atoms with van der Waals surface area (Å²) in [6, 6.07) is -3.19. The Bertz CT molecular complexity index is 614. The predicted octanol–water partition coefficient (Wildman–Crippen LogP) is 3.29. The number of carbonyl (C=O) groups excluding carboxylic acids is 3. The molecule has 1 aliphatic rings. The van der Waals surface area contributed by atoms with E-state index < -0.39 is 53.5 Å². The molecule has 28 heavy (non-hydrogen) atoms. The van der Waals surface area contributed by atoms with Crippen molar-refractivity contribution >= 4 is 17.8 Å². The molecular formula is C17H25F5N2O4. The maximum atomic E-state index is 13.4. The Hall–Kier alpha value is -1.94. The van der Waals surface area contributed by atoms with Gasteiger partial charge in [-0.3, -0.25) is 14.5 Å². The van der Waals surface area contributed by atoms with E-state index in [-0.39, 0.29) is 13.0 Å². The molecule has 6 nitrogen and oxygen atoms in total. The Kier molecular flexibility index (Phi) is 7.06. The van der Waals surface area contributed by atoms with Gasteiger partial charge in [-0.05, 0) is 39.5 Å². The van der Waals surface area contributed by atoms with Gasteiger partial charge in [-0.1, -0.05) is 13.8 Å². The molecule has 1 aliphatic heterocycles. The zero-order valence-electron chi connectivity index (χ0n) is 16.3. The Morgan fingerprint density at radius 2 is 1.61 bits per heavy atom. The highest BCUT2D eigenvalue weighted by atomic mass is 19.4. The SMILES string of the molecule is CC(C)C(NC(=O)[C@@H]1CCCN1C(=O)OC(C)(C)C)C(=O)C(F)(F)C(F)(F)F. The number of nitrogens with zero attached hydrogens (tertiary/aromatic N) is 1. The van der Waals surface area contributed by atoms with Crippen LogP contribution in [0.4, 0.5) is 26.7 Å². The lowest BCUT2D eigenvalue weighted by molar-refractivity contribution is -0.270. The number of ether oxygens (including phenoxy) is 1. The molecule has 0 bridgehead atoms. The highest BCUT2D eigenvalue weighted by Gasteiger charge is 2.64. The van der Waals surface area contributed by atoms with E-state index in [2.05, 4.69) is 0 Å². The fourth-order valence-electron chi connectivity index (χ4n) is 2.70. The van der Waals surface area contributed by atoms with E-state index >= 15 is 0 Å². The van der Waals surface area contributed by atoms with Crippen LogP contribution < -0.4 is 5.32 Å². The van der Waals surface area contributed by atoms with Crippen LogP contribution in [0.25, 0.3) is 0 Å². The van der Waals surface area contributed by atoms with Crippen molar-refractivity contribution in [2.75, 3.05) is 6.54 Å². The van der Waals surface area contributed by atoms with Gasteiger partial charge < -0.3 is 10.1 Å². The molecule has 0 aromatic heterocycles. The number of alkyl halides is 5. The summed E-state index contributed by atoms with van der Waals surface area (Å²) < 4.78 is 69.6. The molecule has 1 fully saturated rings. The highest BCUT2D eigenvalue weighted by molar-refractivity contribution is 5.96. The lowest BCUT2D eigenvalue weighted by atomic mass is 9.95. The molecule has 11 heteroatoms. The Morgan fingerprint density at radius 3 is 2.04 bits per heavy atom. The van der Waals surface area contributed by atoms with Crippen molar-refractivity contribution in [2.45, 2.75) is 77.2 Å². The normalized spacial score (nSPS) is 19.5.